The van der Waals surface area contributed by atoms with E-state index in [1.165, 1.54) is 0 Å². The Bertz CT molecular complexity index is 168. The molecule has 84 valence electrons. The molecular formula is C10H21ClN2O. The molecule has 1 amide bonds. The predicted octanol–water partition coefficient (Wildman–Crippen LogP) is 1.28. The third-order valence-corrected chi connectivity index (χ3v) is 2.41. The number of carbonyl (C=O) groups is 1. The average Bonchev–Trinajstić information content (AvgIpc) is 2.15. The summed E-state index contributed by atoms with van der Waals surface area (Å²) in [6, 6.07) is 0. The molecule has 0 unspecified atom stereocenters. The van der Waals surface area contributed by atoms with E-state index in [1.807, 2.05) is 4.90 Å². The van der Waals surface area contributed by atoms with Crippen molar-refractivity contribution in [3.63, 3.8) is 0 Å². The molecule has 1 rings (SSSR count). The van der Waals surface area contributed by atoms with Gasteiger partial charge in [-0.15, -0.1) is 12.4 Å². The molecule has 0 atom stereocenters. The first-order valence-corrected chi connectivity index (χ1v) is 5.18. The molecule has 0 radical (unpaired) electrons. The van der Waals surface area contributed by atoms with Gasteiger partial charge in [-0.25, -0.2) is 0 Å². The van der Waals surface area contributed by atoms with E-state index in [0.29, 0.717) is 11.8 Å². The number of halogens is 1. The minimum atomic E-state index is 0. The van der Waals surface area contributed by atoms with Crippen LogP contribution in [0.3, 0.4) is 0 Å². The normalized spacial score (nSPS) is 16.6. The summed E-state index contributed by atoms with van der Waals surface area (Å²) in [6.45, 7) is 7.99. The fraction of sp³-hybridized carbons (Fsp3) is 0.900. The lowest BCUT2D eigenvalue weighted by Crippen LogP contribution is -2.46. The molecule has 1 fully saturated rings. The lowest BCUT2D eigenvalue weighted by atomic mass is 10.1. The fourth-order valence-electron chi connectivity index (χ4n) is 1.48. The van der Waals surface area contributed by atoms with Crippen LogP contribution < -0.4 is 5.32 Å². The van der Waals surface area contributed by atoms with Crippen molar-refractivity contribution < 1.29 is 4.79 Å². The van der Waals surface area contributed by atoms with Crippen LogP contribution in [0.15, 0.2) is 0 Å². The van der Waals surface area contributed by atoms with Gasteiger partial charge < -0.3 is 10.2 Å². The van der Waals surface area contributed by atoms with Gasteiger partial charge in [0.1, 0.15) is 0 Å². The van der Waals surface area contributed by atoms with E-state index in [2.05, 4.69) is 19.2 Å². The smallest absolute Gasteiger partial charge is 0.222 e. The van der Waals surface area contributed by atoms with Gasteiger partial charge in [-0.05, 0) is 12.3 Å². The fourth-order valence-corrected chi connectivity index (χ4v) is 1.48. The molecule has 0 aromatic heterocycles. The Labute approximate surface area is 92.6 Å². The Kier molecular flexibility index (Phi) is 6.93. The molecule has 1 aliphatic rings. The quantitative estimate of drug-likeness (QED) is 0.777. The van der Waals surface area contributed by atoms with E-state index in [4.69, 9.17) is 0 Å². The van der Waals surface area contributed by atoms with Gasteiger partial charge in [0.25, 0.3) is 0 Å². The number of hydrogen-bond acceptors (Lipinski definition) is 2. The second kappa shape index (κ2) is 7.07. The van der Waals surface area contributed by atoms with Crippen molar-refractivity contribution >= 4 is 18.3 Å². The summed E-state index contributed by atoms with van der Waals surface area (Å²) in [5, 5.41) is 3.24. The highest BCUT2D eigenvalue weighted by atomic mass is 35.5. The van der Waals surface area contributed by atoms with Gasteiger partial charge in [0, 0.05) is 32.6 Å². The summed E-state index contributed by atoms with van der Waals surface area (Å²) in [5.74, 6) is 0.960. The van der Waals surface area contributed by atoms with Crippen molar-refractivity contribution in [1.29, 1.82) is 0 Å². The standard InChI is InChI=1S/C10H20N2O.ClH/c1-9(2)3-4-10(13)12-7-5-11-6-8-12;/h9,11H,3-8H2,1-2H3;1H. The van der Waals surface area contributed by atoms with E-state index >= 15 is 0 Å². The molecule has 1 aliphatic heterocycles. The maximum absolute atomic E-state index is 11.6. The molecule has 0 aliphatic carbocycles. The number of amides is 1. The van der Waals surface area contributed by atoms with Crippen LogP contribution in [0.1, 0.15) is 26.7 Å². The number of nitrogens with one attached hydrogen (secondary N) is 1. The first-order chi connectivity index (χ1) is 6.20. The molecule has 1 heterocycles. The molecule has 0 bridgehead atoms. The van der Waals surface area contributed by atoms with Crippen molar-refractivity contribution in [1.82, 2.24) is 10.2 Å². The van der Waals surface area contributed by atoms with Gasteiger partial charge in [0.05, 0.1) is 0 Å². The lowest BCUT2D eigenvalue weighted by Gasteiger charge is -2.27. The molecular weight excluding hydrogens is 200 g/mol. The summed E-state index contributed by atoms with van der Waals surface area (Å²) in [4.78, 5) is 13.6. The monoisotopic (exact) mass is 220 g/mol. The van der Waals surface area contributed by atoms with Crippen molar-refractivity contribution in [2.24, 2.45) is 5.92 Å². The lowest BCUT2D eigenvalue weighted by molar-refractivity contribution is -0.132. The number of piperazine rings is 1. The molecule has 1 saturated heterocycles. The van der Waals surface area contributed by atoms with Gasteiger partial charge in [-0.2, -0.15) is 0 Å². The number of rotatable bonds is 3. The maximum Gasteiger partial charge on any atom is 0.222 e. The van der Waals surface area contributed by atoms with E-state index in [9.17, 15) is 4.79 Å². The third-order valence-electron chi connectivity index (χ3n) is 2.41. The molecule has 3 nitrogen and oxygen atoms in total. The minimum Gasteiger partial charge on any atom is -0.340 e. The predicted molar refractivity (Wildman–Crippen MR) is 60.8 cm³/mol. The molecule has 1 N–H and O–H groups in total. The Hall–Kier alpha value is -0.280. The zero-order chi connectivity index (χ0) is 9.68. The largest absolute Gasteiger partial charge is 0.340 e. The zero-order valence-electron chi connectivity index (χ0n) is 9.08. The van der Waals surface area contributed by atoms with E-state index < -0.39 is 0 Å². The highest BCUT2D eigenvalue weighted by Crippen LogP contribution is 2.06. The molecule has 4 heteroatoms. The van der Waals surface area contributed by atoms with Gasteiger partial charge in [0.2, 0.25) is 5.91 Å². The highest BCUT2D eigenvalue weighted by Gasteiger charge is 2.15. The van der Waals surface area contributed by atoms with Crippen molar-refractivity contribution in [3.8, 4) is 0 Å². The Balaban J connectivity index is 0.00000169. The van der Waals surface area contributed by atoms with Crippen LogP contribution in [-0.4, -0.2) is 37.0 Å². The number of nitrogens with zero attached hydrogens (tertiary/aromatic N) is 1. The Morgan fingerprint density at radius 1 is 1.36 bits per heavy atom. The van der Waals surface area contributed by atoms with Gasteiger partial charge in [0.15, 0.2) is 0 Å². The Morgan fingerprint density at radius 2 is 1.93 bits per heavy atom. The minimum absolute atomic E-state index is 0. The zero-order valence-corrected chi connectivity index (χ0v) is 9.90. The summed E-state index contributed by atoms with van der Waals surface area (Å²) in [5.41, 5.74) is 0. The molecule has 14 heavy (non-hydrogen) atoms. The highest BCUT2D eigenvalue weighted by molar-refractivity contribution is 5.85. The van der Waals surface area contributed by atoms with Crippen molar-refractivity contribution in [2.75, 3.05) is 26.2 Å². The summed E-state index contributed by atoms with van der Waals surface area (Å²) in [6.07, 6.45) is 1.74. The third kappa shape index (κ3) is 4.82. The van der Waals surface area contributed by atoms with Crippen molar-refractivity contribution in [2.45, 2.75) is 26.7 Å². The van der Waals surface area contributed by atoms with E-state index in [-0.39, 0.29) is 12.4 Å². The summed E-state index contributed by atoms with van der Waals surface area (Å²) in [7, 11) is 0. The first kappa shape index (κ1) is 13.7. The second-order valence-electron chi connectivity index (χ2n) is 4.06. The van der Waals surface area contributed by atoms with E-state index in [0.717, 1.165) is 39.0 Å². The van der Waals surface area contributed by atoms with E-state index in [1.54, 1.807) is 0 Å². The van der Waals surface area contributed by atoms with Gasteiger partial charge >= 0.3 is 0 Å². The number of carbonyl (C=O) groups excluding carboxylic acids is 1. The summed E-state index contributed by atoms with van der Waals surface area (Å²) < 4.78 is 0. The average molecular weight is 221 g/mol. The summed E-state index contributed by atoms with van der Waals surface area (Å²) >= 11 is 0. The van der Waals surface area contributed by atoms with Gasteiger partial charge in [-0.3, -0.25) is 4.79 Å². The van der Waals surface area contributed by atoms with Crippen molar-refractivity contribution in [3.05, 3.63) is 0 Å². The maximum atomic E-state index is 11.6. The van der Waals surface area contributed by atoms with Crippen LogP contribution in [-0.2, 0) is 4.79 Å². The molecule has 0 spiro atoms. The SMILES string of the molecule is CC(C)CCC(=O)N1CCNCC1.Cl. The second-order valence-corrected chi connectivity index (χ2v) is 4.06. The van der Waals surface area contributed by atoms with Crippen LogP contribution in [0.5, 0.6) is 0 Å². The van der Waals surface area contributed by atoms with Crippen LogP contribution in [0.25, 0.3) is 0 Å². The molecule has 0 aromatic carbocycles. The van der Waals surface area contributed by atoms with Gasteiger partial charge in [-0.1, -0.05) is 13.8 Å². The molecule has 0 saturated carbocycles. The van der Waals surface area contributed by atoms with Crippen LogP contribution in [0.2, 0.25) is 0 Å². The Morgan fingerprint density at radius 3 is 2.43 bits per heavy atom. The van der Waals surface area contributed by atoms with Crippen LogP contribution >= 0.6 is 12.4 Å². The number of hydrogen-bond donors (Lipinski definition) is 1. The van der Waals surface area contributed by atoms with Crippen LogP contribution in [0.4, 0.5) is 0 Å². The molecule has 0 aromatic rings. The topological polar surface area (TPSA) is 32.3 Å². The first-order valence-electron chi connectivity index (χ1n) is 5.18. The van der Waals surface area contributed by atoms with Crippen LogP contribution in [0, 0.1) is 5.92 Å².